The Morgan fingerprint density at radius 1 is 1.50 bits per heavy atom. The molecule has 4 heteroatoms. The van der Waals surface area contributed by atoms with Crippen LogP contribution in [0.1, 0.15) is 19.8 Å². The first kappa shape index (κ1) is 11.8. The SMILES string of the molecule is CCC1CN(C)CCCN1C(=O)CCl. The summed E-state index contributed by atoms with van der Waals surface area (Å²) in [6.07, 6.45) is 2.06. The van der Waals surface area contributed by atoms with Gasteiger partial charge in [-0.1, -0.05) is 6.92 Å². The van der Waals surface area contributed by atoms with E-state index in [2.05, 4.69) is 18.9 Å². The summed E-state index contributed by atoms with van der Waals surface area (Å²) in [5.74, 6) is 0.189. The summed E-state index contributed by atoms with van der Waals surface area (Å²) in [5.41, 5.74) is 0. The molecule has 0 saturated carbocycles. The highest BCUT2D eigenvalue weighted by atomic mass is 35.5. The van der Waals surface area contributed by atoms with Gasteiger partial charge in [0.2, 0.25) is 5.91 Å². The number of alkyl halides is 1. The van der Waals surface area contributed by atoms with Gasteiger partial charge in [0.1, 0.15) is 5.88 Å². The van der Waals surface area contributed by atoms with Crippen LogP contribution in [0, 0.1) is 0 Å². The summed E-state index contributed by atoms with van der Waals surface area (Å²) in [5, 5.41) is 0. The van der Waals surface area contributed by atoms with Gasteiger partial charge in [-0.3, -0.25) is 4.79 Å². The van der Waals surface area contributed by atoms with E-state index in [9.17, 15) is 4.79 Å². The van der Waals surface area contributed by atoms with Gasteiger partial charge in [-0.05, 0) is 26.4 Å². The fourth-order valence-electron chi connectivity index (χ4n) is 2.00. The highest BCUT2D eigenvalue weighted by molar-refractivity contribution is 6.27. The smallest absolute Gasteiger partial charge is 0.237 e. The van der Waals surface area contributed by atoms with Crippen molar-refractivity contribution in [3.05, 3.63) is 0 Å². The van der Waals surface area contributed by atoms with E-state index in [1.54, 1.807) is 0 Å². The maximum absolute atomic E-state index is 11.6. The molecule has 1 amide bonds. The van der Waals surface area contributed by atoms with Gasteiger partial charge in [0.25, 0.3) is 0 Å². The molecular weight excluding hydrogens is 200 g/mol. The molecule has 1 aliphatic heterocycles. The Morgan fingerprint density at radius 2 is 2.21 bits per heavy atom. The predicted molar refractivity (Wildman–Crippen MR) is 58.6 cm³/mol. The van der Waals surface area contributed by atoms with Gasteiger partial charge in [-0.15, -0.1) is 11.6 Å². The zero-order valence-corrected chi connectivity index (χ0v) is 9.76. The third kappa shape index (κ3) is 2.85. The van der Waals surface area contributed by atoms with Crippen LogP contribution in [-0.2, 0) is 4.79 Å². The molecule has 1 atom stereocenters. The van der Waals surface area contributed by atoms with Crippen molar-refractivity contribution < 1.29 is 4.79 Å². The van der Waals surface area contributed by atoms with Gasteiger partial charge >= 0.3 is 0 Å². The molecule has 0 spiro atoms. The molecule has 14 heavy (non-hydrogen) atoms. The van der Waals surface area contributed by atoms with Crippen LogP contribution in [0.2, 0.25) is 0 Å². The lowest BCUT2D eigenvalue weighted by Crippen LogP contribution is -2.44. The second-order valence-electron chi connectivity index (χ2n) is 3.90. The molecule has 1 rings (SSSR count). The minimum atomic E-state index is 0.0776. The van der Waals surface area contributed by atoms with Crippen LogP contribution in [0.25, 0.3) is 0 Å². The third-order valence-corrected chi connectivity index (χ3v) is 3.04. The lowest BCUT2D eigenvalue weighted by atomic mass is 10.2. The molecule has 1 saturated heterocycles. The minimum Gasteiger partial charge on any atom is -0.337 e. The number of carbonyl (C=O) groups is 1. The van der Waals surface area contributed by atoms with Gasteiger partial charge in [0, 0.05) is 19.1 Å². The van der Waals surface area contributed by atoms with Crippen molar-refractivity contribution >= 4 is 17.5 Å². The van der Waals surface area contributed by atoms with Gasteiger partial charge < -0.3 is 9.80 Å². The van der Waals surface area contributed by atoms with Crippen LogP contribution in [0.4, 0.5) is 0 Å². The Morgan fingerprint density at radius 3 is 2.79 bits per heavy atom. The predicted octanol–water partition coefficient (Wildman–Crippen LogP) is 1.17. The number of hydrogen-bond acceptors (Lipinski definition) is 2. The number of nitrogens with zero attached hydrogens (tertiary/aromatic N) is 2. The summed E-state index contributed by atoms with van der Waals surface area (Å²) in [6, 6.07) is 0.341. The minimum absolute atomic E-state index is 0.0776. The number of amides is 1. The van der Waals surface area contributed by atoms with E-state index in [0.717, 1.165) is 32.5 Å². The topological polar surface area (TPSA) is 23.6 Å². The second-order valence-corrected chi connectivity index (χ2v) is 4.17. The van der Waals surface area contributed by atoms with Gasteiger partial charge in [0.05, 0.1) is 0 Å². The molecule has 1 heterocycles. The average Bonchev–Trinajstić information content (AvgIpc) is 2.38. The molecular formula is C10H19ClN2O. The molecule has 0 aromatic carbocycles. The molecule has 3 nitrogen and oxygen atoms in total. The summed E-state index contributed by atoms with van der Waals surface area (Å²) in [7, 11) is 2.11. The van der Waals surface area contributed by atoms with Crippen LogP contribution in [-0.4, -0.2) is 54.3 Å². The number of carbonyl (C=O) groups excluding carboxylic acids is 1. The van der Waals surface area contributed by atoms with Crippen LogP contribution in [0.15, 0.2) is 0 Å². The fourth-order valence-corrected chi connectivity index (χ4v) is 2.15. The monoisotopic (exact) mass is 218 g/mol. The van der Waals surface area contributed by atoms with E-state index in [4.69, 9.17) is 11.6 Å². The van der Waals surface area contributed by atoms with Crippen molar-refractivity contribution in [1.82, 2.24) is 9.80 Å². The Kier molecular flexibility index (Phi) is 4.69. The van der Waals surface area contributed by atoms with E-state index >= 15 is 0 Å². The zero-order valence-electron chi connectivity index (χ0n) is 9.00. The average molecular weight is 219 g/mol. The molecule has 0 aromatic heterocycles. The molecule has 0 aromatic rings. The molecule has 1 unspecified atom stereocenters. The molecule has 0 radical (unpaired) electrons. The lowest BCUT2D eigenvalue weighted by molar-refractivity contribution is -0.130. The highest BCUT2D eigenvalue weighted by Crippen LogP contribution is 2.12. The summed E-state index contributed by atoms with van der Waals surface area (Å²) in [4.78, 5) is 15.8. The van der Waals surface area contributed by atoms with E-state index in [0.29, 0.717) is 6.04 Å². The molecule has 0 N–H and O–H groups in total. The highest BCUT2D eigenvalue weighted by Gasteiger charge is 2.24. The summed E-state index contributed by atoms with van der Waals surface area (Å²) >= 11 is 5.59. The van der Waals surface area contributed by atoms with Crippen molar-refractivity contribution in [3.63, 3.8) is 0 Å². The second kappa shape index (κ2) is 5.56. The Bertz CT molecular complexity index is 199. The van der Waals surface area contributed by atoms with Gasteiger partial charge in [0.15, 0.2) is 0 Å². The van der Waals surface area contributed by atoms with E-state index in [1.807, 2.05) is 4.90 Å². The first-order valence-electron chi connectivity index (χ1n) is 5.23. The number of likely N-dealkylation sites (N-methyl/N-ethyl adjacent to an activating group) is 1. The number of hydrogen-bond donors (Lipinski definition) is 0. The fraction of sp³-hybridized carbons (Fsp3) is 0.900. The Labute approximate surface area is 91.0 Å². The quantitative estimate of drug-likeness (QED) is 0.650. The largest absolute Gasteiger partial charge is 0.337 e. The van der Waals surface area contributed by atoms with E-state index in [1.165, 1.54) is 0 Å². The van der Waals surface area contributed by atoms with Crippen LogP contribution in [0.5, 0.6) is 0 Å². The normalized spacial score (nSPS) is 24.8. The van der Waals surface area contributed by atoms with Crippen molar-refractivity contribution in [2.75, 3.05) is 32.6 Å². The van der Waals surface area contributed by atoms with E-state index in [-0.39, 0.29) is 11.8 Å². The summed E-state index contributed by atoms with van der Waals surface area (Å²) < 4.78 is 0. The van der Waals surface area contributed by atoms with Crippen LogP contribution >= 0.6 is 11.6 Å². The third-order valence-electron chi connectivity index (χ3n) is 2.81. The lowest BCUT2D eigenvalue weighted by Gasteiger charge is -2.29. The van der Waals surface area contributed by atoms with Gasteiger partial charge in [-0.2, -0.15) is 0 Å². The van der Waals surface area contributed by atoms with E-state index < -0.39 is 0 Å². The van der Waals surface area contributed by atoms with Crippen LogP contribution in [0.3, 0.4) is 0 Å². The first-order chi connectivity index (χ1) is 6.69. The van der Waals surface area contributed by atoms with Gasteiger partial charge in [-0.25, -0.2) is 0 Å². The molecule has 1 aliphatic rings. The van der Waals surface area contributed by atoms with Crippen molar-refractivity contribution in [2.45, 2.75) is 25.8 Å². The first-order valence-corrected chi connectivity index (χ1v) is 5.76. The van der Waals surface area contributed by atoms with Crippen molar-refractivity contribution in [1.29, 1.82) is 0 Å². The maximum Gasteiger partial charge on any atom is 0.237 e. The standard InChI is InChI=1S/C10H19ClN2O/c1-3-9-8-12(2)5-4-6-13(9)10(14)7-11/h9H,3-8H2,1-2H3. The number of rotatable bonds is 2. The zero-order chi connectivity index (χ0) is 10.6. The molecule has 1 fully saturated rings. The number of halogens is 1. The molecule has 0 aliphatic carbocycles. The van der Waals surface area contributed by atoms with Crippen molar-refractivity contribution in [3.8, 4) is 0 Å². The Balaban J connectivity index is 2.65. The molecule has 0 bridgehead atoms. The maximum atomic E-state index is 11.6. The Hall–Kier alpha value is -0.280. The summed E-state index contributed by atoms with van der Waals surface area (Å²) in [6.45, 7) is 5.02. The van der Waals surface area contributed by atoms with Crippen LogP contribution < -0.4 is 0 Å². The van der Waals surface area contributed by atoms with Crippen molar-refractivity contribution in [2.24, 2.45) is 0 Å². The molecule has 82 valence electrons.